The Hall–Kier alpha value is -2.87. The van der Waals surface area contributed by atoms with Crippen LogP contribution in [0.3, 0.4) is 0 Å². The van der Waals surface area contributed by atoms with Crippen molar-refractivity contribution in [3.05, 3.63) is 58.1 Å². The molecule has 3 rings (SSSR count). The second kappa shape index (κ2) is 8.22. The summed E-state index contributed by atoms with van der Waals surface area (Å²) in [6.07, 6.45) is 0. The van der Waals surface area contributed by atoms with E-state index in [1.165, 1.54) is 12.1 Å². The number of amides is 2. The number of hydrogen-bond acceptors (Lipinski definition) is 5. The Bertz CT molecular complexity index is 882. The van der Waals surface area contributed by atoms with E-state index in [1.54, 1.807) is 6.07 Å². The third-order valence-electron chi connectivity index (χ3n) is 3.93. The lowest BCUT2D eigenvalue weighted by Crippen LogP contribution is -2.31. The maximum atomic E-state index is 12.1. The average Bonchev–Trinajstić information content (AvgIpc) is 2.66. The molecule has 1 heterocycles. The minimum Gasteiger partial charge on any atom is -0.482 e. The largest absolute Gasteiger partial charge is 0.482 e. The van der Waals surface area contributed by atoms with Gasteiger partial charge >= 0.3 is 5.97 Å². The smallest absolute Gasteiger partial charge is 0.338 e. The first-order chi connectivity index (χ1) is 12.9. The lowest BCUT2D eigenvalue weighted by atomic mass is 10.1. The van der Waals surface area contributed by atoms with Gasteiger partial charge in [0.15, 0.2) is 13.2 Å². The Labute approximate surface area is 164 Å². The monoisotopic (exact) mass is 432 g/mol. The summed E-state index contributed by atoms with van der Waals surface area (Å²) in [5.41, 5.74) is 1.66. The third-order valence-corrected chi connectivity index (χ3v) is 4.46. The fourth-order valence-corrected chi connectivity index (χ4v) is 2.80. The van der Waals surface area contributed by atoms with Crippen molar-refractivity contribution in [2.24, 2.45) is 0 Å². The van der Waals surface area contributed by atoms with E-state index in [0.717, 1.165) is 10.0 Å². The van der Waals surface area contributed by atoms with Crippen LogP contribution >= 0.6 is 15.9 Å². The third kappa shape index (κ3) is 4.85. The van der Waals surface area contributed by atoms with Gasteiger partial charge in [-0.15, -0.1) is 0 Å². The highest BCUT2D eigenvalue weighted by Crippen LogP contribution is 2.28. The van der Waals surface area contributed by atoms with E-state index in [9.17, 15) is 14.4 Å². The van der Waals surface area contributed by atoms with E-state index in [-0.39, 0.29) is 24.1 Å². The predicted octanol–water partition coefficient (Wildman–Crippen LogP) is 2.81. The molecular weight excluding hydrogens is 416 g/mol. The number of fused-ring (bicyclic) bond motifs is 1. The number of hydrogen-bond donors (Lipinski definition) is 2. The molecule has 1 aliphatic heterocycles. The summed E-state index contributed by atoms with van der Waals surface area (Å²) in [4.78, 5) is 35.4. The van der Waals surface area contributed by atoms with Crippen LogP contribution < -0.4 is 15.4 Å². The summed E-state index contributed by atoms with van der Waals surface area (Å²) < 4.78 is 11.3. The van der Waals surface area contributed by atoms with Gasteiger partial charge in [-0.2, -0.15) is 0 Å². The quantitative estimate of drug-likeness (QED) is 0.708. The molecule has 0 spiro atoms. The van der Waals surface area contributed by atoms with Gasteiger partial charge in [-0.05, 0) is 42.8 Å². The fourth-order valence-electron chi connectivity index (χ4n) is 2.53. The molecule has 0 fully saturated rings. The topological polar surface area (TPSA) is 93.7 Å². The summed E-state index contributed by atoms with van der Waals surface area (Å²) in [7, 11) is 0. The fraction of sp³-hybridized carbons (Fsp3) is 0.211. The van der Waals surface area contributed by atoms with Crippen LogP contribution in [0.5, 0.6) is 5.75 Å². The number of rotatable bonds is 5. The normalized spacial score (nSPS) is 13.6. The van der Waals surface area contributed by atoms with Gasteiger partial charge in [0.2, 0.25) is 0 Å². The second-order valence-corrected chi connectivity index (χ2v) is 6.88. The molecule has 0 aromatic heterocycles. The van der Waals surface area contributed by atoms with E-state index in [2.05, 4.69) is 26.6 Å². The highest BCUT2D eigenvalue weighted by Gasteiger charge is 2.19. The Morgan fingerprint density at radius 1 is 1.26 bits per heavy atom. The molecule has 2 aromatic carbocycles. The molecule has 0 saturated heterocycles. The van der Waals surface area contributed by atoms with Gasteiger partial charge in [0, 0.05) is 4.47 Å². The van der Waals surface area contributed by atoms with Crippen LogP contribution in [0.4, 0.5) is 5.69 Å². The van der Waals surface area contributed by atoms with Gasteiger partial charge in [-0.1, -0.05) is 28.1 Å². The van der Waals surface area contributed by atoms with Crippen molar-refractivity contribution in [1.29, 1.82) is 0 Å². The van der Waals surface area contributed by atoms with Crippen LogP contribution in [0.25, 0.3) is 0 Å². The molecular formula is C19H17BrN2O5. The van der Waals surface area contributed by atoms with Crippen molar-refractivity contribution in [3.63, 3.8) is 0 Å². The zero-order valence-corrected chi connectivity index (χ0v) is 16.0. The second-order valence-electron chi connectivity index (χ2n) is 5.96. The summed E-state index contributed by atoms with van der Waals surface area (Å²) in [6, 6.07) is 11.9. The standard InChI is InChI=1S/C19H17BrN2O5/c1-11(12-2-5-14(20)6-3-12)21-17(23)10-27-19(25)13-4-7-15-16(8-13)26-9-18(24)22-15/h2-8,11H,9-10H2,1H3,(H,21,23)(H,22,24). The lowest BCUT2D eigenvalue weighted by molar-refractivity contribution is -0.125. The van der Waals surface area contributed by atoms with E-state index in [0.29, 0.717) is 11.4 Å². The molecule has 1 aliphatic rings. The Kier molecular flexibility index (Phi) is 5.75. The molecule has 27 heavy (non-hydrogen) atoms. The molecule has 2 aromatic rings. The van der Waals surface area contributed by atoms with Crippen LogP contribution in [0.15, 0.2) is 46.9 Å². The van der Waals surface area contributed by atoms with E-state index in [1.807, 2.05) is 31.2 Å². The molecule has 0 aliphatic carbocycles. The summed E-state index contributed by atoms with van der Waals surface area (Å²) >= 11 is 3.36. The number of benzene rings is 2. The van der Waals surface area contributed by atoms with Crippen molar-refractivity contribution >= 4 is 39.4 Å². The Morgan fingerprint density at radius 2 is 2.00 bits per heavy atom. The summed E-state index contributed by atoms with van der Waals surface area (Å²) in [5.74, 6) is -0.920. The highest BCUT2D eigenvalue weighted by atomic mass is 79.9. The van der Waals surface area contributed by atoms with Crippen molar-refractivity contribution < 1.29 is 23.9 Å². The van der Waals surface area contributed by atoms with Gasteiger partial charge < -0.3 is 20.1 Å². The maximum absolute atomic E-state index is 12.1. The van der Waals surface area contributed by atoms with E-state index < -0.39 is 18.5 Å². The van der Waals surface area contributed by atoms with Crippen LogP contribution in [0.2, 0.25) is 0 Å². The molecule has 140 valence electrons. The number of halogens is 1. The molecule has 2 amide bonds. The Balaban J connectivity index is 1.53. The molecule has 1 unspecified atom stereocenters. The number of carbonyl (C=O) groups excluding carboxylic acids is 3. The van der Waals surface area contributed by atoms with Gasteiger partial charge in [-0.25, -0.2) is 4.79 Å². The number of nitrogens with one attached hydrogen (secondary N) is 2. The number of esters is 1. The first kappa shape index (κ1) is 18.9. The zero-order valence-electron chi connectivity index (χ0n) is 14.5. The summed E-state index contributed by atoms with van der Waals surface area (Å²) in [6.45, 7) is 1.34. The van der Waals surface area contributed by atoms with Gasteiger partial charge in [-0.3, -0.25) is 9.59 Å². The summed E-state index contributed by atoms with van der Waals surface area (Å²) in [5, 5.41) is 5.41. The van der Waals surface area contributed by atoms with Crippen LogP contribution in [-0.2, 0) is 14.3 Å². The zero-order chi connectivity index (χ0) is 19.4. The van der Waals surface area contributed by atoms with Crippen LogP contribution in [0, 0.1) is 0 Å². The van der Waals surface area contributed by atoms with Crippen LogP contribution in [0.1, 0.15) is 28.9 Å². The molecule has 0 radical (unpaired) electrons. The molecule has 7 nitrogen and oxygen atoms in total. The first-order valence-corrected chi connectivity index (χ1v) is 9.00. The number of carbonyl (C=O) groups is 3. The number of anilines is 1. The molecule has 1 atom stereocenters. The van der Waals surface area contributed by atoms with Crippen molar-refractivity contribution in [1.82, 2.24) is 5.32 Å². The van der Waals surface area contributed by atoms with Crippen molar-refractivity contribution in [3.8, 4) is 5.75 Å². The lowest BCUT2D eigenvalue weighted by Gasteiger charge is -2.18. The van der Waals surface area contributed by atoms with Gasteiger partial charge in [0.1, 0.15) is 5.75 Å². The van der Waals surface area contributed by atoms with Crippen LogP contribution in [-0.4, -0.2) is 31.0 Å². The predicted molar refractivity (Wildman–Crippen MR) is 102 cm³/mol. The SMILES string of the molecule is CC(NC(=O)COC(=O)c1ccc2c(c1)OCC(=O)N2)c1ccc(Br)cc1. The van der Waals surface area contributed by atoms with E-state index >= 15 is 0 Å². The van der Waals surface area contributed by atoms with Crippen molar-refractivity contribution in [2.75, 3.05) is 18.5 Å². The van der Waals surface area contributed by atoms with Crippen molar-refractivity contribution in [2.45, 2.75) is 13.0 Å². The van der Waals surface area contributed by atoms with Gasteiger partial charge in [0.25, 0.3) is 11.8 Å². The van der Waals surface area contributed by atoms with E-state index in [4.69, 9.17) is 9.47 Å². The molecule has 0 saturated carbocycles. The first-order valence-electron chi connectivity index (χ1n) is 8.21. The highest BCUT2D eigenvalue weighted by molar-refractivity contribution is 9.10. The Morgan fingerprint density at radius 3 is 2.74 bits per heavy atom. The minimum atomic E-state index is -0.648. The van der Waals surface area contributed by atoms with Gasteiger partial charge in [0.05, 0.1) is 17.3 Å². The average molecular weight is 433 g/mol. The molecule has 0 bridgehead atoms. The molecule has 2 N–H and O–H groups in total. The minimum absolute atomic E-state index is 0.109. The maximum Gasteiger partial charge on any atom is 0.338 e. The number of ether oxygens (including phenoxy) is 2. The molecule has 8 heteroatoms.